The Morgan fingerprint density at radius 1 is 1.12 bits per heavy atom. The van der Waals surface area contributed by atoms with Crippen LogP contribution >= 0.6 is 22.9 Å². The van der Waals surface area contributed by atoms with E-state index in [1.165, 1.54) is 11.3 Å². The van der Waals surface area contributed by atoms with Crippen LogP contribution in [0.5, 0.6) is 11.5 Å². The molecule has 7 nitrogen and oxygen atoms in total. The number of fused-ring (bicyclic) bond motifs is 2. The Bertz CT molecular complexity index is 1120. The lowest BCUT2D eigenvalue weighted by atomic mass is 10.1. The van der Waals surface area contributed by atoms with Crippen molar-refractivity contribution in [2.24, 2.45) is 0 Å². The van der Waals surface area contributed by atoms with Crippen LogP contribution < -0.4 is 14.4 Å². The molecule has 0 atom stereocenters. The van der Waals surface area contributed by atoms with E-state index in [4.69, 9.17) is 30.8 Å². The zero-order valence-corrected chi connectivity index (χ0v) is 20.1. The van der Waals surface area contributed by atoms with Crippen LogP contribution in [0.2, 0.25) is 5.02 Å². The van der Waals surface area contributed by atoms with Crippen LogP contribution in [-0.2, 0) is 4.74 Å². The van der Waals surface area contributed by atoms with Crippen molar-refractivity contribution in [1.29, 1.82) is 0 Å². The SMILES string of the molecule is Cc1ccc(Cl)c2sc(N(CCCN3CCOCC3)C(=O)c3ccc4c(c3)OCCO4)nc12. The molecule has 1 saturated heterocycles. The van der Waals surface area contributed by atoms with Gasteiger partial charge in [0.25, 0.3) is 5.91 Å². The number of morpholine rings is 1. The number of halogens is 1. The largest absolute Gasteiger partial charge is 0.486 e. The summed E-state index contributed by atoms with van der Waals surface area (Å²) in [5, 5.41) is 1.31. The number of aryl methyl sites for hydroxylation is 1. The fraction of sp³-hybridized carbons (Fsp3) is 0.417. The lowest BCUT2D eigenvalue weighted by Crippen LogP contribution is -2.39. The number of thiazole rings is 1. The first-order chi connectivity index (χ1) is 16.1. The van der Waals surface area contributed by atoms with Crippen molar-refractivity contribution < 1.29 is 19.0 Å². The Morgan fingerprint density at radius 2 is 1.91 bits per heavy atom. The van der Waals surface area contributed by atoms with E-state index in [-0.39, 0.29) is 5.91 Å². The summed E-state index contributed by atoms with van der Waals surface area (Å²) in [6, 6.07) is 9.19. The van der Waals surface area contributed by atoms with Crippen molar-refractivity contribution in [2.45, 2.75) is 13.3 Å². The Morgan fingerprint density at radius 3 is 2.70 bits per heavy atom. The minimum Gasteiger partial charge on any atom is -0.486 e. The zero-order valence-electron chi connectivity index (χ0n) is 18.5. The van der Waals surface area contributed by atoms with Crippen LogP contribution in [0.3, 0.4) is 0 Å². The van der Waals surface area contributed by atoms with Crippen molar-refractivity contribution >= 4 is 44.2 Å². The first kappa shape index (κ1) is 22.4. The summed E-state index contributed by atoms with van der Waals surface area (Å²) in [6.07, 6.45) is 0.832. The van der Waals surface area contributed by atoms with E-state index in [1.807, 2.05) is 19.1 Å². The molecule has 0 N–H and O–H groups in total. The number of ether oxygens (including phenoxy) is 3. The highest BCUT2D eigenvalue weighted by Gasteiger charge is 2.24. The van der Waals surface area contributed by atoms with Gasteiger partial charge in [0.1, 0.15) is 13.2 Å². The van der Waals surface area contributed by atoms with E-state index in [0.29, 0.717) is 47.0 Å². The second-order valence-corrected chi connectivity index (χ2v) is 9.55. The van der Waals surface area contributed by atoms with Crippen molar-refractivity contribution in [3.8, 4) is 11.5 Å². The first-order valence-corrected chi connectivity index (χ1v) is 12.4. The van der Waals surface area contributed by atoms with E-state index in [0.717, 1.165) is 55.0 Å². The summed E-state index contributed by atoms with van der Waals surface area (Å²) in [4.78, 5) is 22.7. The van der Waals surface area contributed by atoms with Crippen molar-refractivity contribution in [2.75, 3.05) is 57.5 Å². The van der Waals surface area contributed by atoms with E-state index < -0.39 is 0 Å². The Balaban J connectivity index is 1.43. The molecule has 1 amide bonds. The third kappa shape index (κ3) is 4.80. The molecule has 2 aromatic carbocycles. The molecule has 0 aliphatic carbocycles. The molecule has 33 heavy (non-hydrogen) atoms. The molecule has 9 heteroatoms. The number of rotatable bonds is 6. The van der Waals surface area contributed by atoms with E-state index >= 15 is 0 Å². The van der Waals surface area contributed by atoms with E-state index in [2.05, 4.69) is 4.90 Å². The summed E-state index contributed by atoms with van der Waals surface area (Å²) in [7, 11) is 0. The molecule has 0 spiro atoms. The predicted octanol–water partition coefficient (Wildman–Crippen LogP) is 4.40. The fourth-order valence-corrected chi connectivity index (χ4v) is 5.44. The highest BCUT2D eigenvalue weighted by molar-refractivity contribution is 7.23. The molecule has 5 rings (SSSR count). The van der Waals surface area contributed by atoms with E-state index in [1.54, 1.807) is 23.1 Å². The summed E-state index contributed by atoms with van der Waals surface area (Å²) < 4.78 is 17.7. The smallest absolute Gasteiger partial charge is 0.260 e. The molecule has 174 valence electrons. The summed E-state index contributed by atoms with van der Waals surface area (Å²) in [5.41, 5.74) is 2.43. The van der Waals surface area contributed by atoms with Crippen LogP contribution in [0.25, 0.3) is 10.2 Å². The van der Waals surface area contributed by atoms with Gasteiger partial charge in [0.15, 0.2) is 16.6 Å². The third-order valence-corrected chi connectivity index (χ3v) is 7.45. The van der Waals surface area contributed by atoms with Crippen molar-refractivity contribution in [3.05, 3.63) is 46.5 Å². The van der Waals surface area contributed by atoms with Crippen LogP contribution in [0.15, 0.2) is 30.3 Å². The minimum absolute atomic E-state index is 0.109. The number of benzene rings is 2. The Kier molecular flexibility index (Phi) is 6.69. The van der Waals surface area contributed by atoms with Gasteiger partial charge in [0.05, 0.1) is 28.5 Å². The molecule has 1 aromatic heterocycles. The van der Waals surface area contributed by atoms with Crippen LogP contribution in [0.4, 0.5) is 5.13 Å². The quantitative estimate of drug-likeness (QED) is 0.513. The van der Waals surface area contributed by atoms with Crippen molar-refractivity contribution in [3.63, 3.8) is 0 Å². The molecule has 3 heterocycles. The van der Waals surface area contributed by atoms with Gasteiger partial charge in [-0.05, 0) is 43.2 Å². The molecule has 2 aliphatic heterocycles. The minimum atomic E-state index is -0.109. The average molecular weight is 488 g/mol. The number of hydrogen-bond acceptors (Lipinski definition) is 7. The molecule has 0 saturated carbocycles. The molecular weight excluding hydrogens is 462 g/mol. The van der Waals surface area contributed by atoms with Gasteiger partial charge in [-0.1, -0.05) is 29.0 Å². The van der Waals surface area contributed by atoms with E-state index in [9.17, 15) is 4.79 Å². The number of aromatic nitrogens is 1. The van der Waals surface area contributed by atoms with Gasteiger partial charge in [-0.2, -0.15) is 0 Å². The third-order valence-electron chi connectivity index (χ3n) is 5.91. The molecule has 0 radical (unpaired) electrons. The number of anilines is 1. The second kappa shape index (κ2) is 9.85. The Labute approximate surface area is 201 Å². The van der Waals surface area contributed by atoms with Crippen LogP contribution in [-0.4, -0.2) is 68.4 Å². The molecular formula is C24H26ClN3O4S. The normalized spacial score (nSPS) is 16.2. The van der Waals surface area contributed by atoms with Gasteiger partial charge in [0, 0.05) is 31.7 Å². The van der Waals surface area contributed by atoms with Crippen LogP contribution in [0.1, 0.15) is 22.3 Å². The second-order valence-electron chi connectivity index (χ2n) is 8.16. The first-order valence-electron chi connectivity index (χ1n) is 11.2. The Hall–Kier alpha value is -2.39. The van der Waals surface area contributed by atoms with Gasteiger partial charge in [0.2, 0.25) is 0 Å². The molecule has 0 bridgehead atoms. The van der Waals surface area contributed by atoms with Crippen molar-refractivity contribution in [1.82, 2.24) is 9.88 Å². The molecule has 2 aliphatic rings. The maximum Gasteiger partial charge on any atom is 0.260 e. The summed E-state index contributed by atoms with van der Waals surface area (Å²) in [6.45, 7) is 7.82. The maximum absolute atomic E-state index is 13.7. The summed E-state index contributed by atoms with van der Waals surface area (Å²) >= 11 is 7.90. The molecule has 1 fully saturated rings. The number of amides is 1. The lowest BCUT2D eigenvalue weighted by molar-refractivity contribution is 0.0376. The van der Waals surface area contributed by atoms with Gasteiger partial charge in [-0.25, -0.2) is 4.98 Å². The maximum atomic E-state index is 13.7. The number of nitrogens with zero attached hydrogens (tertiary/aromatic N) is 3. The number of carbonyl (C=O) groups is 1. The highest BCUT2D eigenvalue weighted by Crippen LogP contribution is 2.37. The van der Waals surface area contributed by atoms with Gasteiger partial charge >= 0.3 is 0 Å². The van der Waals surface area contributed by atoms with Crippen LogP contribution in [0, 0.1) is 6.92 Å². The summed E-state index contributed by atoms with van der Waals surface area (Å²) in [5.74, 6) is 1.16. The number of hydrogen-bond donors (Lipinski definition) is 0. The average Bonchev–Trinajstić information content (AvgIpc) is 3.31. The van der Waals surface area contributed by atoms with Gasteiger partial charge in [-0.3, -0.25) is 14.6 Å². The lowest BCUT2D eigenvalue weighted by Gasteiger charge is -2.28. The molecule has 0 unspecified atom stereocenters. The standard InChI is InChI=1S/C24H26ClN3O4S/c1-16-3-5-18(25)22-21(16)26-24(33-22)28(8-2-7-27-9-11-30-12-10-27)23(29)17-4-6-19-20(15-17)32-14-13-31-19/h3-6,15H,2,7-14H2,1H3. The molecule has 3 aromatic rings. The highest BCUT2D eigenvalue weighted by atomic mass is 35.5. The fourth-order valence-electron chi connectivity index (χ4n) is 4.10. The zero-order chi connectivity index (χ0) is 22.8. The predicted molar refractivity (Wildman–Crippen MR) is 130 cm³/mol. The monoisotopic (exact) mass is 487 g/mol. The van der Waals surface area contributed by atoms with Gasteiger partial charge in [-0.15, -0.1) is 0 Å². The topological polar surface area (TPSA) is 64.1 Å². The number of carbonyl (C=O) groups excluding carboxylic acids is 1. The van der Waals surface area contributed by atoms with Gasteiger partial charge < -0.3 is 14.2 Å².